The maximum atomic E-state index is 12.7. The molecule has 0 unspecified atom stereocenters. The van der Waals surface area contributed by atoms with E-state index in [1.54, 1.807) is 7.05 Å². The Kier molecular flexibility index (Phi) is 9.03. The second kappa shape index (κ2) is 11.5. The summed E-state index contributed by atoms with van der Waals surface area (Å²) in [6, 6.07) is 16.7. The zero-order valence-corrected chi connectivity index (χ0v) is 18.7. The van der Waals surface area contributed by atoms with Crippen LogP contribution in [0.5, 0.6) is 0 Å². The molecule has 2 amide bonds. The van der Waals surface area contributed by atoms with Crippen LogP contribution in [0.1, 0.15) is 38.0 Å². The van der Waals surface area contributed by atoms with Gasteiger partial charge in [-0.15, -0.1) is 0 Å². The fraction of sp³-hybridized carbons (Fsp3) is 0.417. The van der Waals surface area contributed by atoms with Gasteiger partial charge in [0.15, 0.2) is 0 Å². The summed E-state index contributed by atoms with van der Waals surface area (Å²) < 4.78 is 5.53. The van der Waals surface area contributed by atoms with E-state index in [1.165, 1.54) is 4.90 Å². The normalized spacial score (nSPS) is 12.2. The Bertz CT molecular complexity index is 832. The van der Waals surface area contributed by atoms with E-state index in [0.717, 1.165) is 11.1 Å². The van der Waals surface area contributed by atoms with E-state index >= 15 is 0 Å². The molecule has 2 aromatic carbocycles. The molecular weight excluding hydrogens is 394 g/mol. The van der Waals surface area contributed by atoms with Crippen LogP contribution in [-0.4, -0.2) is 54.3 Å². The van der Waals surface area contributed by atoms with Crippen LogP contribution in [0.2, 0.25) is 0 Å². The average molecular weight is 428 g/mol. The number of nitrogens with one attached hydrogen (secondary N) is 2. The number of aliphatic hydroxyl groups excluding tert-OH is 1. The van der Waals surface area contributed by atoms with E-state index in [2.05, 4.69) is 10.6 Å². The lowest BCUT2D eigenvalue weighted by atomic mass is 10.1. The molecule has 2 rings (SSSR count). The van der Waals surface area contributed by atoms with Gasteiger partial charge < -0.3 is 25.4 Å². The van der Waals surface area contributed by atoms with Gasteiger partial charge in [-0.3, -0.25) is 4.79 Å². The van der Waals surface area contributed by atoms with Gasteiger partial charge in [-0.1, -0.05) is 42.5 Å². The van der Waals surface area contributed by atoms with E-state index < -0.39 is 17.8 Å². The van der Waals surface area contributed by atoms with Gasteiger partial charge in [-0.05, 0) is 57.5 Å². The standard InChI is InChI=1S/C24H33N3O4/c1-24(2,3)31-23(30)27(17-21(28)19-8-6-5-7-9-19)15-14-18-10-12-20(13-11-18)26-22(29)16-25-4/h5-13,21,25,28H,14-17H2,1-4H3,(H,26,29)/t21-/m0/s1. The molecule has 0 heterocycles. The molecule has 2 aromatic rings. The lowest BCUT2D eigenvalue weighted by molar-refractivity contribution is -0.115. The minimum atomic E-state index is -0.807. The topological polar surface area (TPSA) is 90.9 Å². The summed E-state index contributed by atoms with van der Waals surface area (Å²) >= 11 is 0. The van der Waals surface area contributed by atoms with Crippen molar-refractivity contribution in [2.75, 3.05) is 32.0 Å². The quantitative estimate of drug-likeness (QED) is 0.571. The van der Waals surface area contributed by atoms with Crippen LogP contribution < -0.4 is 10.6 Å². The second-order valence-corrected chi connectivity index (χ2v) is 8.38. The number of nitrogens with zero attached hydrogens (tertiary/aromatic N) is 1. The molecule has 0 saturated carbocycles. The number of ether oxygens (including phenoxy) is 1. The summed E-state index contributed by atoms with van der Waals surface area (Å²) in [4.78, 5) is 25.9. The molecule has 1 atom stereocenters. The third kappa shape index (κ3) is 8.78. The van der Waals surface area contributed by atoms with Crippen LogP contribution in [0, 0.1) is 0 Å². The van der Waals surface area contributed by atoms with Crippen molar-refractivity contribution < 1.29 is 19.4 Å². The SMILES string of the molecule is CNCC(=O)Nc1ccc(CCN(C[C@H](O)c2ccccc2)C(=O)OC(C)(C)C)cc1. The summed E-state index contributed by atoms with van der Waals surface area (Å²) in [5, 5.41) is 16.2. The fourth-order valence-corrected chi connectivity index (χ4v) is 2.96. The number of hydrogen-bond donors (Lipinski definition) is 3. The summed E-state index contributed by atoms with van der Waals surface area (Å²) in [6.07, 6.45) is -0.678. The molecule has 0 aromatic heterocycles. The smallest absolute Gasteiger partial charge is 0.410 e. The molecule has 0 bridgehead atoms. The lowest BCUT2D eigenvalue weighted by Crippen LogP contribution is -2.40. The lowest BCUT2D eigenvalue weighted by Gasteiger charge is -2.29. The number of anilines is 1. The van der Waals surface area contributed by atoms with Gasteiger partial charge in [0.05, 0.1) is 19.2 Å². The van der Waals surface area contributed by atoms with Gasteiger partial charge in [0.25, 0.3) is 0 Å². The number of aliphatic hydroxyl groups is 1. The Morgan fingerprint density at radius 3 is 2.29 bits per heavy atom. The molecule has 0 radical (unpaired) electrons. The Balaban J connectivity index is 2.03. The zero-order chi connectivity index (χ0) is 22.9. The fourth-order valence-electron chi connectivity index (χ4n) is 2.96. The second-order valence-electron chi connectivity index (χ2n) is 8.38. The number of likely N-dealkylation sites (N-methyl/N-ethyl adjacent to an activating group) is 1. The first-order valence-electron chi connectivity index (χ1n) is 10.4. The number of benzene rings is 2. The minimum absolute atomic E-state index is 0.110. The summed E-state index contributed by atoms with van der Waals surface area (Å²) in [5.74, 6) is -0.110. The minimum Gasteiger partial charge on any atom is -0.444 e. The van der Waals surface area contributed by atoms with E-state index in [9.17, 15) is 14.7 Å². The van der Waals surface area contributed by atoms with Crippen molar-refractivity contribution in [2.45, 2.75) is 38.9 Å². The van der Waals surface area contributed by atoms with Crippen molar-refractivity contribution in [1.29, 1.82) is 0 Å². The van der Waals surface area contributed by atoms with E-state index in [4.69, 9.17) is 4.74 Å². The van der Waals surface area contributed by atoms with Crippen LogP contribution in [0.25, 0.3) is 0 Å². The average Bonchev–Trinajstić information content (AvgIpc) is 2.71. The van der Waals surface area contributed by atoms with E-state index in [0.29, 0.717) is 18.7 Å². The van der Waals surface area contributed by atoms with Crippen LogP contribution in [-0.2, 0) is 16.0 Å². The first kappa shape index (κ1) is 24.4. The van der Waals surface area contributed by atoms with Crippen molar-refractivity contribution in [2.24, 2.45) is 0 Å². The van der Waals surface area contributed by atoms with E-state index in [-0.39, 0.29) is 19.0 Å². The molecule has 0 aliphatic rings. The first-order chi connectivity index (χ1) is 14.7. The predicted molar refractivity (Wildman–Crippen MR) is 122 cm³/mol. The zero-order valence-electron chi connectivity index (χ0n) is 18.7. The van der Waals surface area contributed by atoms with E-state index in [1.807, 2.05) is 75.4 Å². The van der Waals surface area contributed by atoms with Gasteiger partial charge in [-0.25, -0.2) is 4.79 Å². The molecule has 7 nitrogen and oxygen atoms in total. The molecule has 0 fully saturated rings. The highest BCUT2D eigenvalue weighted by atomic mass is 16.6. The van der Waals surface area contributed by atoms with Gasteiger partial charge in [0.2, 0.25) is 5.91 Å². The molecule has 3 N–H and O–H groups in total. The van der Waals surface area contributed by atoms with Crippen LogP contribution >= 0.6 is 0 Å². The van der Waals surface area contributed by atoms with Crippen molar-refractivity contribution in [1.82, 2.24) is 10.2 Å². The molecule has 7 heteroatoms. The molecule has 0 aliphatic heterocycles. The van der Waals surface area contributed by atoms with Crippen LogP contribution in [0.15, 0.2) is 54.6 Å². The van der Waals surface area contributed by atoms with Gasteiger partial charge in [0, 0.05) is 12.2 Å². The Morgan fingerprint density at radius 1 is 1.06 bits per heavy atom. The van der Waals surface area contributed by atoms with Crippen molar-refractivity contribution in [3.05, 3.63) is 65.7 Å². The molecule has 0 spiro atoms. The highest BCUT2D eigenvalue weighted by Gasteiger charge is 2.24. The first-order valence-corrected chi connectivity index (χ1v) is 10.4. The molecule has 0 aliphatic carbocycles. The number of hydrogen-bond acceptors (Lipinski definition) is 5. The number of carbonyl (C=O) groups is 2. The monoisotopic (exact) mass is 427 g/mol. The van der Waals surface area contributed by atoms with Crippen LogP contribution in [0.4, 0.5) is 10.5 Å². The molecule has 168 valence electrons. The molecule has 31 heavy (non-hydrogen) atoms. The van der Waals surface area contributed by atoms with Gasteiger partial charge in [-0.2, -0.15) is 0 Å². The Morgan fingerprint density at radius 2 is 1.71 bits per heavy atom. The van der Waals surface area contributed by atoms with Crippen molar-refractivity contribution in [3.63, 3.8) is 0 Å². The van der Waals surface area contributed by atoms with Crippen LogP contribution in [0.3, 0.4) is 0 Å². The van der Waals surface area contributed by atoms with Gasteiger partial charge >= 0.3 is 6.09 Å². The summed E-state index contributed by atoms with van der Waals surface area (Å²) in [7, 11) is 1.72. The van der Waals surface area contributed by atoms with Gasteiger partial charge in [0.1, 0.15) is 5.60 Å². The predicted octanol–water partition coefficient (Wildman–Crippen LogP) is 3.36. The third-order valence-electron chi connectivity index (χ3n) is 4.47. The number of amides is 2. The third-order valence-corrected chi connectivity index (χ3v) is 4.47. The maximum absolute atomic E-state index is 12.7. The number of rotatable bonds is 9. The molecule has 0 saturated heterocycles. The Labute approximate surface area is 184 Å². The van der Waals surface area contributed by atoms with Crippen molar-refractivity contribution in [3.8, 4) is 0 Å². The summed E-state index contributed by atoms with van der Waals surface area (Å²) in [5.41, 5.74) is 1.85. The summed E-state index contributed by atoms with van der Waals surface area (Å²) in [6.45, 7) is 6.23. The van der Waals surface area contributed by atoms with Crippen molar-refractivity contribution >= 4 is 17.7 Å². The highest BCUT2D eigenvalue weighted by molar-refractivity contribution is 5.92. The number of carbonyl (C=O) groups excluding carboxylic acids is 2. The highest BCUT2D eigenvalue weighted by Crippen LogP contribution is 2.18. The molecular formula is C24H33N3O4. The largest absolute Gasteiger partial charge is 0.444 e. The Hall–Kier alpha value is -2.90. The maximum Gasteiger partial charge on any atom is 0.410 e.